The number of carboxylic acid groups (broad SMARTS) is 1. The van der Waals surface area contributed by atoms with Crippen LogP contribution in [0.3, 0.4) is 0 Å². The van der Waals surface area contributed by atoms with E-state index in [9.17, 15) is 19.4 Å². The molecular formula is C11H12BrFO4. The number of carboxylic acids is 1. The molecule has 2 unspecified atom stereocenters. The lowest BCUT2D eigenvalue weighted by Crippen LogP contribution is -2.20. The lowest BCUT2D eigenvalue weighted by atomic mass is 10.00. The third-order valence-corrected chi connectivity index (χ3v) is 2.80. The van der Waals surface area contributed by atoms with Gasteiger partial charge in [-0.2, -0.15) is 0 Å². The number of hydrogen-bond donors (Lipinski definition) is 3. The Kier molecular flexibility index (Phi) is 5.04. The van der Waals surface area contributed by atoms with Crippen molar-refractivity contribution in [2.75, 3.05) is 5.33 Å². The number of carbonyl (C=O) groups is 1. The van der Waals surface area contributed by atoms with E-state index in [1.165, 1.54) is 12.1 Å². The first kappa shape index (κ1) is 14.1. The average molecular weight is 307 g/mol. The Morgan fingerprint density at radius 1 is 1.41 bits per heavy atom. The highest BCUT2D eigenvalue weighted by molar-refractivity contribution is 9.09. The van der Waals surface area contributed by atoms with Crippen LogP contribution in [0.2, 0.25) is 0 Å². The molecule has 0 aliphatic rings. The van der Waals surface area contributed by atoms with Crippen LogP contribution in [0.15, 0.2) is 18.2 Å². The van der Waals surface area contributed by atoms with Gasteiger partial charge in [-0.15, -0.1) is 0 Å². The molecule has 0 fully saturated rings. The Hall–Kier alpha value is -0.980. The maximum atomic E-state index is 13.7. The monoisotopic (exact) mass is 306 g/mol. The van der Waals surface area contributed by atoms with Crippen molar-refractivity contribution >= 4 is 21.9 Å². The van der Waals surface area contributed by atoms with Gasteiger partial charge in [0.1, 0.15) is 11.9 Å². The molecule has 0 radical (unpaired) electrons. The molecule has 94 valence electrons. The van der Waals surface area contributed by atoms with Gasteiger partial charge in [0.15, 0.2) is 0 Å². The van der Waals surface area contributed by atoms with Gasteiger partial charge in [0.2, 0.25) is 0 Å². The summed E-state index contributed by atoms with van der Waals surface area (Å²) >= 11 is 3.09. The zero-order chi connectivity index (χ0) is 13.0. The van der Waals surface area contributed by atoms with Crippen molar-refractivity contribution in [1.82, 2.24) is 0 Å². The summed E-state index contributed by atoms with van der Waals surface area (Å²) in [6, 6.07) is 3.68. The smallest absolute Gasteiger partial charge is 0.338 e. The van der Waals surface area contributed by atoms with Crippen molar-refractivity contribution in [3.63, 3.8) is 0 Å². The van der Waals surface area contributed by atoms with E-state index in [2.05, 4.69) is 15.9 Å². The first-order valence-corrected chi connectivity index (χ1v) is 6.05. The van der Waals surface area contributed by atoms with E-state index < -0.39 is 29.6 Å². The first-order chi connectivity index (χ1) is 7.99. The van der Waals surface area contributed by atoms with E-state index in [0.29, 0.717) is 5.33 Å². The SMILES string of the molecule is O=C(O)c1cccc(C(O)C(O)CCBr)c1F. The summed E-state index contributed by atoms with van der Waals surface area (Å²) in [5.41, 5.74) is -0.731. The third kappa shape index (κ3) is 3.24. The number of aromatic carboxylic acids is 1. The highest BCUT2D eigenvalue weighted by Gasteiger charge is 2.24. The van der Waals surface area contributed by atoms with E-state index in [4.69, 9.17) is 5.11 Å². The fraction of sp³-hybridized carbons (Fsp3) is 0.364. The highest BCUT2D eigenvalue weighted by atomic mass is 79.9. The van der Waals surface area contributed by atoms with Gasteiger partial charge in [-0.3, -0.25) is 0 Å². The molecule has 0 amide bonds. The Labute approximate surface area is 106 Å². The minimum Gasteiger partial charge on any atom is -0.478 e. The van der Waals surface area contributed by atoms with Crippen LogP contribution < -0.4 is 0 Å². The van der Waals surface area contributed by atoms with Gasteiger partial charge in [-0.1, -0.05) is 28.1 Å². The van der Waals surface area contributed by atoms with Crippen LogP contribution in [-0.2, 0) is 0 Å². The molecule has 3 N–H and O–H groups in total. The number of alkyl halides is 1. The number of rotatable bonds is 5. The normalized spacial score (nSPS) is 14.4. The minimum absolute atomic E-state index is 0.210. The summed E-state index contributed by atoms with van der Waals surface area (Å²) in [7, 11) is 0. The van der Waals surface area contributed by atoms with Crippen molar-refractivity contribution in [2.45, 2.75) is 18.6 Å². The molecule has 1 rings (SSSR count). The maximum absolute atomic E-state index is 13.7. The van der Waals surface area contributed by atoms with E-state index in [1.54, 1.807) is 0 Å². The molecule has 0 saturated heterocycles. The molecule has 4 nitrogen and oxygen atoms in total. The molecule has 0 saturated carbocycles. The fourth-order valence-corrected chi connectivity index (χ4v) is 1.89. The molecule has 0 aliphatic carbocycles. The molecule has 1 aromatic rings. The molecule has 0 bridgehead atoms. The average Bonchev–Trinajstić information content (AvgIpc) is 2.28. The first-order valence-electron chi connectivity index (χ1n) is 4.92. The predicted molar refractivity (Wildman–Crippen MR) is 62.7 cm³/mol. The third-order valence-electron chi connectivity index (χ3n) is 2.35. The van der Waals surface area contributed by atoms with Gasteiger partial charge in [-0.25, -0.2) is 9.18 Å². The van der Waals surface area contributed by atoms with Gasteiger partial charge in [-0.05, 0) is 12.5 Å². The number of aliphatic hydroxyl groups is 2. The zero-order valence-electron chi connectivity index (χ0n) is 8.81. The van der Waals surface area contributed by atoms with E-state index >= 15 is 0 Å². The van der Waals surface area contributed by atoms with Crippen LogP contribution >= 0.6 is 15.9 Å². The molecule has 17 heavy (non-hydrogen) atoms. The predicted octanol–water partition coefficient (Wildman–Crippen LogP) is 1.70. The quantitative estimate of drug-likeness (QED) is 0.724. The van der Waals surface area contributed by atoms with Gasteiger partial charge in [0, 0.05) is 10.9 Å². The Morgan fingerprint density at radius 2 is 2.06 bits per heavy atom. The van der Waals surface area contributed by atoms with Crippen LogP contribution in [0.25, 0.3) is 0 Å². The van der Waals surface area contributed by atoms with Crippen molar-refractivity contribution in [3.8, 4) is 0 Å². The van der Waals surface area contributed by atoms with Crippen LogP contribution in [0.4, 0.5) is 4.39 Å². The van der Waals surface area contributed by atoms with E-state index in [0.717, 1.165) is 6.07 Å². The van der Waals surface area contributed by atoms with Crippen molar-refractivity contribution in [2.24, 2.45) is 0 Å². The largest absolute Gasteiger partial charge is 0.478 e. The molecule has 0 heterocycles. The molecular weight excluding hydrogens is 295 g/mol. The van der Waals surface area contributed by atoms with Gasteiger partial charge in [0.25, 0.3) is 0 Å². The fourth-order valence-electron chi connectivity index (χ4n) is 1.42. The van der Waals surface area contributed by atoms with Crippen LogP contribution in [0.5, 0.6) is 0 Å². The second-order valence-electron chi connectivity index (χ2n) is 3.50. The topological polar surface area (TPSA) is 77.8 Å². The minimum atomic E-state index is -1.44. The Balaban J connectivity index is 3.06. The van der Waals surface area contributed by atoms with Gasteiger partial charge < -0.3 is 15.3 Å². The van der Waals surface area contributed by atoms with Crippen LogP contribution in [0.1, 0.15) is 28.4 Å². The van der Waals surface area contributed by atoms with Gasteiger partial charge >= 0.3 is 5.97 Å². The molecule has 2 atom stereocenters. The number of benzene rings is 1. The number of aliphatic hydroxyl groups excluding tert-OH is 2. The lowest BCUT2D eigenvalue weighted by molar-refractivity contribution is 0.0151. The molecule has 0 aromatic heterocycles. The summed E-state index contributed by atoms with van der Waals surface area (Å²) in [4.78, 5) is 10.7. The summed E-state index contributed by atoms with van der Waals surface area (Å²) in [5.74, 6) is -2.42. The maximum Gasteiger partial charge on any atom is 0.338 e. The zero-order valence-corrected chi connectivity index (χ0v) is 10.4. The summed E-state index contributed by atoms with van der Waals surface area (Å²) < 4.78 is 13.7. The molecule has 0 spiro atoms. The summed E-state index contributed by atoms with van der Waals surface area (Å²) in [6.45, 7) is 0. The second kappa shape index (κ2) is 6.09. The standard InChI is InChI=1S/C11H12BrFO4/c12-5-4-8(14)10(15)6-2-1-3-7(9(6)13)11(16)17/h1-3,8,10,14-15H,4-5H2,(H,16,17). The van der Waals surface area contributed by atoms with Gasteiger partial charge in [0.05, 0.1) is 11.7 Å². The van der Waals surface area contributed by atoms with Crippen molar-refractivity contribution < 1.29 is 24.5 Å². The Morgan fingerprint density at radius 3 is 2.59 bits per heavy atom. The van der Waals surface area contributed by atoms with Crippen LogP contribution in [-0.4, -0.2) is 32.7 Å². The lowest BCUT2D eigenvalue weighted by Gasteiger charge is -2.18. The second-order valence-corrected chi connectivity index (χ2v) is 4.30. The summed E-state index contributed by atoms with van der Waals surface area (Å²) in [5, 5.41) is 28.4. The highest BCUT2D eigenvalue weighted by Crippen LogP contribution is 2.24. The number of hydrogen-bond acceptors (Lipinski definition) is 3. The Bertz CT molecular complexity index is 410. The van der Waals surface area contributed by atoms with E-state index in [-0.39, 0.29) is 12.0 Å². The van der Waals surface area contributed by atoms with Crippen molar-refractivity contribution in [3.05, 3.63) is 35.1 Å². The molecule has 6 heteroatoms. The number of halogens is 2. The van der Waals surface area contributed by atoms with Crippen molar-refractivity contribution in [1.29, 1.82) is 0 Å². The van der Waals surface area contributed by atoms with Crippen LogP contribution in [0, 0.1) is 5.82 Å². The molecule has 0 aliphatic heterocycles. The molecule has 1 aromatic carbocycles. The summed E-state index contributed by atoms with van der Waals surface area (Å²) in [6.07, 6.45) is -2.35. The van der Waals surface area contributed by atoms with E-state index in [1.807, 2.05) is 0 Å².